The van der Waals surface area contributed by atoms with Crippen molar-refractivity contribution in [1.29, 1.82) is 0 Å². The molecule has 4 heterocycles. The molecule has 3 aromatic heterocycles. The fourth-order valence-corrected chi connectivity index (χ4v) is 12.2. The summed E-state index contributed by atoms with van der Waals surface area (Å²) in [7, 11) is -8.76. The van der Waals surface area contributed by atoms with Crippen molar-refractivity contribution in [2.75, 3.05) is 23.0 Å². The molecule has 8 nitrogen and oxygen atoms in total. The van der Waals surface area contributed by atoms with Crippen molar-refractivity contribution >= 4 is 108 Å². The van der Waals surface area contributed by atoms with Crippen LogP contribution in [0.5, 0.6) is 0 Å². The van der Waals surface area contributed by atoms with Crippen LogP contribution in [0, 0.1) is 0 Å². The number of anilines is 1. The highest BCUT2D eigenvalue weighted by Gasteiger charge is 2.27. The Labute approximate surface area is 336 Å². The molecule has 14 heteroatoms. The number of allylic oxidation sites excluding steroid dienone is 2. The summed E-state index contributed by atoms with van der Waals surface area (Å²) < 4.78 is 75.2. The zero-order valence-corrected chi connectivity index (χ0v) is 34.5. The summed E-state index contributed by atoms with van der Waals surface area (Å²) >= 11 is 6.64. The molecule has 0 spiro atoms. The number of benzene rings is 4. The summed E-state index contributed by atoms with van der Waals surface area (Å²) in [4.78, 5) is 4.29. The minimum atomic E-state index is -4.38. The van der Waals surface area contributed by atoms with Gasteiger partial charge < -0.3 is 14.0 Å². The molecule has 8 rings (SSSR count). The molecule has 0 amide bonds. The molecule has 0 saturated heterocycles. The molecule has 0 radical (unpaired) electrons. The average molecular weight is 844 g/mol. The highest BCUT2D eigenvalue weighted by molar-refractivity contribution is 8.03. The maximum atomic E-state index is 11.6. The smallest absolute Gasteiger partial charge is 0.263 e. The Morgan fingerprint density at radius 2 is 1.55 bits per heavy atom. The van der Waals surface area contributed by atoms with Crippen LogP contribution in [-0.4, -0.2) is 44.0 Å². The number of hydrogen-bond donors (Lipinski definition) is 0. The zero-order valence-electron chi connectivity index (χ0n) is 29.6. The topological polar surface area (TPSA) is 122 Å². The largest absolute Gasteiger partial charge is 0.748 e. The van der Waals surface area contributed by atoms with Gasteiger partial charge in [0.2, 0.25) is 5.52 Å². The molecule has 0 bridgehead atoms. The number of hydrogen-bond acceptors (Lipinski definition) is 11. The van der Waals surface area contributed by atoms with Crippen LogP contribution in [0.1, 0.15) is 31.2 Å². The van der Waals surface area contributed by atoms with Crippen molar-refractivity contribution in [3.05, 3.63) is 118 Å². The van der Waals surface area contributed by atoms with Gasteiger partial charge in [0.1, 0.15) is 4.70 Å². The van der Waals surface area contributed by atoms with Gasteiger partial charge in [0.25, 0.3) is 5.01 Å². The van der Waals surface area contributed by atoms with Crippen LogP contribution in [-0.2, 0) is 26.8 Å². The molecular formula is C41H35N2O6S6-. The highest BCUT2D eigenvalue weighted by Crippen LogP contribution is 2.49. The molecule has 0 N–H and O–H groups in total. The van der Waals surface area contributed by atoms with Crippen molar-refractivity contribution in [2.45, 2.75) is 37.6 Å². The Hall–Kier alpha value is -3.86. The molecular weight excluding hydrogens is 809 g/mol. The number of thiophene rings is 2. The minimum Gasteiger partial charge on any atom is -0.748 e. The molecule has 0 unspecified atom stereocenters. The van der Waals surface area contributed by atoms with Gasteiger partial charge in [-0.2, -0.15) is 4.57 Å². The van der Waals surface area contributed by atoms with Gasteiger partial charge in [-0.05, 0) is 82.8 Å². The van der Waals surface area contributed by atoms with Crippen LogP contribution in [0.2, 0.25) is 0 Å². The van der Waals surface area contributed by atoms with Crippen molar-refractivity contribution in [3.8, 4) is 21.6 Å². The number of aryl methyl sites for hydroxylation is 1. The number of thiazole rings is 1. The van der Waals surface area contributed by atoms with E-state index in [-0.39, 0.29) is 12.8 Å². The van der Waals surface area contributed by atoms with E-state index in [1.165, 1.54) is 20.2 Å². The predicted molar refractivity (Wildman–Crippen MR) is 228 cm³/mol. The lowest BCUT2D eigenvalue weighted by molar-refractivity contribution is -0.668. The molecule has 0 saturated carbocycles. The molecule has 1 aliphatic heterocycles. The second-order valence-corrected chi connectivity index (χ2v) is 20.5. The van der Waals surface area contributed by atoms with Gasteiger partial charge in [-0.3, -0.25) is 0 Å². The van der Waals surface area contributed by atoms with Crippen LogP contribution < -0.4 is 9.47 Å². The standard InChI is InChI=1S/C41H36N2O6S6/c1-2-27(21-40-42(17-7-19-54(44,45)46)33-23-28(13-15-37(33)52-40)32-26-50-36-12-6-4-10-31(32)36)22-41-43(18-8-20-55(47,48)49)34-24-30(14-16-38(34)53-41)39-25-29-9-3-5-11-35(29)51-39/h3-6,9-16,21-26H,2,7-8,17-20H2,1H3,(H-,44,45,46,47,48,49)/p-1. The number of fused-ring (bicyclic) bond motifs is 4. The first kappa shape index (κ1) is 38.0. The maximum Gasteiger partial charge on any atom is 0.263 e. The van der Waals surface area contributed by atoms with Crippen LogP contribution in [0.4, 0.5) is 5.69 Å². The zero-order chi connectivity index (χ0) is 38.3. The molecule has 0 aliphatic carbocycles. The molecule has 0 atom stereocenters. The second-order valence-electron chi connectivity index (χ2n) is 13.3. The third kappa shape index (κ3) is 8.47. The van der Waals surface area contributed by atoms with Crippen LogP contribution >= 0.6 is 45.8 Å². The van der Waals surface area contributed by atoms with Crippen LogP contribution in [0.15, 0.2) is 118 Å². The van der Waals surface area contributed by atoms with Crippen molar-refractivity contribution in [1.82, 2.24) is 0 Å². The molecule has 0 fully saturated rings. The molecule has 4 aromatic carbocycles. The number of rotatable bonds is 13. The summed E-state index contributed by atoms with van der Waals surface area (Å²) in [6.45, 7) is 2.78. The van der Waals surface area contributed by atoms with Crippen molar-refractivity contribution < 1.29 is 30.5 Å². The Bertz CT molecular complexity index is 2840. The fraction of sp³-hybridized carbons (Fsp3) is 0.195. The Morgan fingerprint density at radius 1 is 0.800 bits per heavy atom. The van der Waals surface area contributed by atoms with Gasteiger partial charge in [0.05, 0.1) is 31.0 Å². The van der Waals surface area contributed by atoms with Gasteiger partial charge >= 0.3 is 0 Å². The van der Waals surface area contributed by atoms with Gasteiger partial charge in [-0.15, -0.1) is 22.7 Å². The molecule has 7 aromatic rings. The lowest BCUT2D eigenvalue weighted by Gasteiger charge is -2.21. The van der Waals surface area contributed by atoms with E-state index in [9.17, 15) is 25.9 Å². The van der Waals surface area contributed by atoms with E-state index >= 15 is 0 Å². The quantitative estimate of drug-likeness (QED) is 0.0831. The van der Waals surface area contributed by atoms with E-state index in [0.717, 1.165) is 58.0 Å². The van der Waals surface area contributed by atoms with E-state index in [1.54, 1.807) is 45.8 Å². The Kier molecular flexibility index (Phi) is 10.8. The summed E-state index contributed by atoms with van der Waals surface area (Å²) in [5.74, 6) is -0.903. The first-order valence-corrected chi connectivity index (χ1v) is 24.2. The lowest BCUT2D eigenvalue weighted by Crippen LogP contribution is -2.36. The van der Waals surface area contributed by atoms with E-state index in [4.69, 9.17) is 0 Å². The summed E-state index contributed by atoms with van der Waals surface area (Å²) in [6.07, 6.45) is 5.29. The van der Waals surface area contributed by atoms with Gasteiger partial charge in [0, 0.05) is 66.7 Å². The average Bonchev–Trinajstić information content (AvgIpc) is 3.93. The first-order valence-electron chi connectivity index (χ1n) is 17.7. The lowest BCUT2D eigenvalue weighted by atomic mass is 10.0. The fourth-order valence-electron chi connectivity index (χ4n) is 6.89. The third-order valence-corrected chi connectivity index (χ3v) is 15.5. The minimum absolute atomic E-state index is 0.182. The first-order chi connectivity index (χ1) is 26.4. The highest BCUT2D eigenvalue weighted by atomic mass is 32.2. The second kappa shape index (κ2) is 15.6. The molecule has 1 aliphatic rings. The SMILES string of the molecule is CCC(/C=C1\Sc2ccc(-c3cc4ccccc4s3)cc2N1CCCS(=O)(=O)[O-])=C\c1sc2ccc(-c3csc4ccccc34)cc2[n+]1CCCS(=O)(=O)[O-]. The summed E-state index contributed by atoms with van der Waals surface area (Å²) in [5.41, 5.74) is 6.21. The summed E-state index contributed by atoms with van der Waals surface area (Å²) in [6, 6.07) is 31.5. The van der Waals surface area contributed by atoms with Gasteiger partial charge in [0.15, 0.2) is 6.54 Å². The van der Waals surface area contributed by atoms with Gasteiger partial charge in [-0.1, -0.05) is 78.6 Å². The van der Waals surface area contributed by atoms with E-state index in [2.05, 4.69) is 101 Å². The third-order valence-electron chi connectivity index (χ3n) is 9.54. The van der Waals surface area contributed by atoms with E-state index in [1.807, 2.05) is 24.3 Å². The Balaban J connectivity index is 1.18. The van der Waals surface area contributed by atoms with E-state index in [0.29, 0.717) is 19.5 Å². The maximum absolute atomic E-state index is 11.6. The number of nitrogens with zero attached hydrogens (tertiary/aromatic N) is 2. The normalized spacial score (nSPS) is 14.6. The molecule has 282 valence electrons. The van der Waals surface area contributed by atoms with Crippen LogP contribution in [0.3, 0.4) is 0 Å². The predicted octanol–water partition coefficient (Wildman–Crippen LogP) is 10.1. The van der Waals surface area contributed by atoms with Crippen molar-refractivity contribution in [3.63, 3.8) is 0 Å². The molecule has 55 heavy (non-hydrogen) atoms. The van der Waals surface area contributed by atoms with E-state index < -0.39 is 31.7 Å². The monoisotopic (exact) mass is 843 g/mol. The van der Waals surface area contributed by atoms with Gasteiger partial charge in [-0.25, -0.2) is 16.8 Å². The van der Waals surface area contributed by atoms with Crippen molar-refractivity contribution in [2.24, 2.45) is 0 Å². The summed E-state index contributed by atoms with van der Waals surface area (Å²) in [5, 5.41) is 6.37. The Morgan fingerprint density at radius 3 is 2.33 bits per heavy atom. The number of thioether (sulfide) groups is 1. The van der Waals surface area contributed by atoms with Crippen LogP contribution in [0.25, 0.3) is 58.0 Å². The number of aromatic nitrogens is 1.